The summed E-state index contributed by atoms with van der Waals surface area (Å²) >= 11 is 1.50. The van der Waals surface area contributed by atoms with Crippen molar-refractivity contribution in [2.75, 3.05) is 27.1 Å². The first-order chi connectivity index (χ1) is 13.5. The van der Waals surface area contributed by atoms with Gasteiger partial charge in [-0.3, -0.25) is 4.79 Å². The van der Waals surface area contributed by atoms with Crippen LogP contribution in [0, 0.1) is 18.3 Å². The number of nitrogens with zero attached hydrogens (tertiary/aromatic N) is 1. The number of methoxy groups -OCH3 is 3. The normalized spacial score (nSPS) is 11.2. The molecule has 28 heavy (non-hydrogen) atoms. The Bertz CT molecular complexity index is 821. The molecule has 0 bridgehead atoms. The summed E-state index contributed by atoms with van der Waals surface area (Å²) in [4.78, 5) is 12.3. The minimum Gasteiger partial charge on any atom is -0.493 e. The third-order valence-corrected chi connectivity index (χ3v) is 5.08. The summed E-state index contributed by atoms with van der Waals surface area (Å²) in [5.41, 5.74) is 2.92. The van der Waals surface area contributed by atoms with Gasteiger partial charge in [0.05, 0.1) is 33.2 Å². The lowest BCUT2D eigenvalue weighted by molar-refractivity contribution is -0.118. The molecule has 0 spiro atoms. The highest BCUT2D eigenvalue weighted by molar-refractivity contribution is 7.99. The highest BCUT2D eigenvalue weighted by Gasteiger charge is 2.20. The predicted molar refractivity (Wildman–Crippen MR) is 110 cm³/mol. The molecule has 0 aliphatic carbocycles. The van der Waals surface area contributed by atoms with E-state index in [1.807, 2.05) is 31.2 Å². The molecule has 148 valence electrons. The van der Waals surface area contributed by atoms with E-state index >= 15 is 0 Å². The van der Waals surface area contributed by atoms with Crippen LogP contribution in [0.25, 0.3) is 0 Å². The van der Waals surface area contributed by atoms with E-state index in [1.165, 1.54) is 38.7 Å². The fraction of sp³-hybridized carbons (Fsp3) is 0.333. The first kappa shape index (κ1) is 21.5. The summed E-state index contributed by atoms with van der Waals surface area (Å²) in [6.07, 6.45) is 0. The molecule has 0 fully saturated rings. The Balaban J connectivity index is 2.02. The molecule has 0 aliphatic heterocycles. The van der Waals surface area contributed by atoms with Crippen molar-refractivity contribution in [2.24, 2.45) is 0 Å². The molecule has 0 saturated heterocycles. The van der Waals surface area contributed by atoms with Crippen molar-refractivity contribution in [3.63, 3.8) is 0 Å². The molecule has 1 unspecified atom stereocenters. The fourth-order valence-electron chi connectivity index (χ4n) is 2.61. The van der Waals surface area contributed by atoms with Gasteiger partial charge in [0.1, 0.15) is 6.04 Å². The molecule has 1 atom stereocenters. The van der Waals surface area contributed by atoms with Crippen molar-refractivity contribution in [1.29, 1.82) is 5.26 Å². The van der Waals surface area contributed by atoms with Crippen LogP contribution in [0.4, 0.5) is 0 Å². The van der Waals surface area contributed by atoms with Gasteiger partial charge in [0.15, 0.2) is 11.5 Å². The zero-order valence-electron chi connectivity index (χ0n) is 16.4. The standard InChI is InChI=1S/C21H24N2O4S/c1-14-5-7-15(8-6-14)12-28-13-20(24)23-17(11-22)16-9-18(25-2)21(27-4)19(10-16)26-3/h5-10,17H,12-13H2,1-4H3,(H,23,24). The summed E-state index contributed by atoms with van der Waals surface area (Å²) < 4.78 is 15.9. The molecule has 0 aliphatic rings. The van der Waals surface area contributed by atoms with E-state index in [0.29, 0.717) is 22.8 Å². The SMILES string of the molecule is COc1cc(C(C#N)NC(=O)CSCc2ccc(C)cc2)cc(OC)c1OC. The van der Waals surface area contributed by atoms with Gasteiger partial charge in [-0.05, 0) is 30.2 Å². The number of ether oxygens (including phenoxy) is 3. The highest BCUT2D eigenvalue weighted by atomic mass is 32.2. The monoisotopic (exact) mass is 400 g/mol. The minimum atomic E-state index is -0.818. The number of hydrogen-bond acceptors (Lipinski definition) is 6. The lowest BCUT2D eigenvalue weighted by atomic mass is 10.1. The van der Waals surface area contributed by atoms with Crippen LogP contribution in [0.1, 0.15) is 22.7 Å². The Kier molecular flexibility index (Phi) is 8.02. The van der Waals surface area contributed by atoms with Gasteiger partial charge in [0.25, 0.3) is 0 Å². The molecule has 2 rings (SSSR count). The van der Waals surface area contributed by atoms with E-state index in [-0.39, 0.29) is 11.7 Å². The first-order valence-corrected chi connectivity index (χ1v) is 9.80. The number of nitrogens with one attached hydrogen (secondary N) is 1. The Hall–Kier alpha value is -2.85. The van der Waals surface area contributed by atoms with Crippen molar-refractivity contribution in [3.05, 3.63) is 53.1 Å². The van der Waals surface area contributed by atoms with Crippen LogP contribution in [0.15, 0.2) is 36.4 Å². The van der Waals surface area contributed by atoms with Gasteiger partial charge in [-0.2, -0.15) is 5.26 Å². The zero-order valence-corrected chi connectivity index (χ0v) is 17.3. The van der Waals surface area contributed by atoms with Crippen LogP contribution in [-0.2, 0) is 10.5 Å². The van der Waals surface area contributed by atoms with Gasteiger partial charge < -0.3 is 19.5 Å². The molecule has 7 heteroatoms. The molecule has 0 radical (unpaired) electrons. The van der Waals surface area contributed by atoms with Crippen LogP contribution in [0.5, 0.6) is 17.2 Å². The van der Waals surface area contributed by atoms with E-state index in [1.54, 1.807) is 12.1 Å². The molecule has 0 aromatic heterocycles. The summed E-state index contributed by atoms with van der Waals surface area (Å²) in [7, 11) is 4.51. The minimum absolute atomic E-state index is 0.211. The Morgan fingerprint density at radius 1 is 1.11 bits per heavy atom. The van der Waals surface area contributed by atoms with E-state index in [2.05, 4.69) is 11.4 Å². The second-order valence-corrected chi connectivity index (χ2v) is 7.05. The van der Waals surface area contributed by atoms with Crippen LogP contribution in [-0.4, -0.2) is 33.0 Å². The Morgan fingerprint density at radius 2 is 1.71 bits per heavy atom. The molecular weight excluding hydrogens is 376 g/mol. The fourth-order valence-corrected chi connectivity index (χ4v) is 3.41. The average Bonchev–Trinajstić information content (AvgIpc) is 2.72. The second kappa shape index (κ2) is 10.5. The maximum absolute atomic E-state index is 12.3. The molecule has 6 nitrogen and oxygen atoms in total. The van der Waals surface area contributed by atoms with Gasteiger partial charge in [0, 0.05) is 5.75 Å². The lowest BCUT2D eigenvalue weighted by Crippen LogP contribution is -2.29. The molecule has 2 aromatic rings. The van der Waals surface area contributed by atoms with Crippen molar-refractivity contribution in [3.8, 4) is 23.3 Å². The third-order valence-electron chi connectivity index (χ3n) is 4.08. The van der Waals surface area contributed by atoms with E-state index < -0.39 is 6.04 Å². The van der Waals surface area contributed by atoms with Gasteiger partial charge >= 0.3 is 0 Å². The zero-order chi connectivity index (χ0) is 20.5. The van der Waals surface area contributed by atoms with Crippen molar-refractivity contribution < 1.29 is 19.0 Å². The van der Waals surface area contributed by atoms with Crippen molar-refractivity contribution in [2.45, 2.75) is 18.7 Å². The molecule has 0 heterocycles. The molecular formula is C21H24N2O4S. The van der Waals surface area contributed by atoms with Crippen LogP contribution >= 0.6 is 11.8 Å². The van der Waals surface area contributed by atoms with Crippen molar-refractivity contribution >= 4 is 17.7 Å². The number of rotatable bonds is 9. The Labute approximate surface area is 169 Å². The number of carbonyl (C=O) groups is 1. The molecule has 0 saturated carbocycles. The summed E-state index contributed by atoms with van der Waals surface area (Å²) in [5, 5.41) is 12.3. The van der Waals surface area contributed by atoms with Gasteiger partial charge in [-0.25, -0.2) is 0 Å². The summed E-state index contributed by atoms with van der Waals surface area (Å²) in [6, 6.07) is 12.8. The molecule has 2 aromatic carbocycles. The van der Waals surface area contributed by atoms with Gasteiger partial charge in [-0.15, -0.1) is 11.8 Å². The second-order valence-electron chi connectivity index (χ2n) is 6.07. The highest BCUT2D eigenvalue weighted by Crippen LogP contribution is 2.39. The van der Waals surface area contributed by atoms with E-state index in [9.17, 15) is 10.1 Å². The number of amides is 1. The van der Waals surface area contributed by atoms with E-state index in [4.69, 9.17) is 14.2 Å². The topological polar surface area (TPSA) is 80.6 Å². The van der Waals surface area contributed by atoms with Crippen LogP contribution in [0.3, 0.4) is 0 Å². The number of hydrogen-bond donors (Lipinski definition) is 1. The summed E-state index contributed by atoms with van der Waals surface area (Å²) in [6.45, 7) is 2.04. The largest absolute Gasteiger partial charge is 0.493 e. The Morgan fingerprint density at radius 3 is 2.21 bits per heavy atom. The van der Waals surface area contributed by atoms with Crippen LogP contribution < -0.4 is 19.5 Å². The number of nitriles is 1. The smallest absolute Gasteiger partial charge is 0.231 e. The number of benzene rings is 2. The predicted octanol–water partition coefficient (Wildman–Crippen LogP) is 3.64. The molecule has 1 N–H and O–H groups in total. The summed E-state index contributed by atoms with van der Waals surface area (Å²) in [5.74, 6) is 2.08. The average molecular weight is 401 g/mol. The van der Waals surface area contributed by atoms with E-state index in [0.717, 1.165) is 11.3 Å². The van der Waals surface area contributed by atoms with Gasteiger partial charge in [0.2, 0.25) is 11.7 Å². The maximum Gasteiger partial charge on any atom is 0.231 e. The lowest BCUT2D eigenvalue weighted by Gasteiger charge is -2.17. The maximum atomic E-state index is 12.3. The molecule has 1 amide bonds. The quantitative estimate of drug-likeness (QED) is 0.692. The number of thioether (sulfide) groups is 1. The first-order valence-electron chi connectivity index (χ1n) is 8.64. The van der Waals surface area contributed by atoms with Crippen molar-refractivity contribution in [1.82, 2.24) is 5.32 Å². The van der Waals surface area contributed by atoms with Gasteiger partial charge in [-0.1, -0.05) is 29.8 Å². The van der Waals surface area contributed by atoms with Crippen LogP contribution in [0.2, 0.25) is 0 Å². The number of carbonyl (C=O) groups excluding carboxylic acids is 1. The number of aryl methyl sites for hydroxylation is 1. The third kappa shape index (κ3) is 5.57.